The number of ether oxygens (including phenoxy) is 1. The molecule has 3 aliphatic rings. The second kappa shape index (κ2) is 7.13. The van der Waals surface area contributed by atoms with Crippen molar-refractivity contribution in [3.63, 3.8) is 0 Å². The summed E-state index contributed by atoms with van der Waals surface area (Å²) in [5.74, 6) is 0. The molecular formula is C21H30N4O2. The van der Waals surface area contributed by atoms with E-state index >= 15 is 0 Å². The normalized spacial score (nSPS) is 20.3. The number of fused-ring (bicyclic) bond motifs is 1. The maximum atomic E-state index is 12.7. The Hall–Kier alpha value is -2.11. The molecule has 0 bridgehead atoms. The van der Waals surface area contributed by atoms with Crippen LogP contribution in [0.1, 0.15) is 52.0 Å². The van der Waals surface area contributed by atoms with Crippen LogP contribution in [0.5, 0.6) is 0 Å². The maximum Gasteiger partial charge on any atom is 0.410 e. The molecule has 1 amide bonds. The fourth-order valence-corrected chi connectivity index (χ4v) is 4.15. The molecule has 6 heteroatoms. The van der Waals surface area contributed by atoms with Crippen LogP contribution in [0.4, 0.5) is 16.2 Å². The topological polar surface area (TPSA) is 57.5 Å². The summed E-state index contributed by atoms with van der Waals surface area (Å²) in [6, 6.07) is 6.98. The minimum atomic E-state index is -0.442. The third-order valence-electron chi connectivity index (χ3n) is 5.51. The fourth-order valence-electron chi connectivity index (χ4n) is 4.15. The number of azo groups is 1. The largest absolute Gasteiger partial charge is 0.444 e. The van der Waals surface area contributed by atoms with Gasteiger partial charge in [0.05, 0.1) is 12.2 Å². The van der Waals surface area contributed by atoms with Crippen LogP contribution in [0.3, 0.4) is 0 Å². The minimum absolute atomic E-state index is 0.138. The first-order chi connectivity index (χ1) is 12.9. The van der Waals surface area contributed by atoms with Gasteiger partial charge in [0.15, 0.2) is 0 Å². The van der Waals surface area contributed by atoms with E-state index in [0.717, 1.165) is 57.4 Å². The zero-order valence-corrected chi connectivity index (χ0v) is 16.6. The van der Waals surface area contributed by atoms with Crippen LogP contribution >= 0.6 is 0 Å². The highest BCUT2D eigenvalue weighted by atomic mass is 16.6. The number of hydrogen-bond acceptors (Lipinski definition) is 5. The molecule has 0 radical (unpaired) electrons. The lowest BCUT2D eigenvalue weighted by Gasteiger charge is -2.40. The molecular weight excluding hydrogens is 340 g/mol. The van der Waals surface area contributed by atoms with Gasteiger partial charge in [0.1, 0.15) is 5.60 Å². The summed E-state index contributed by atoms with van der Waals surface area (Å²) in [5.41, 5.74) is 3.17. The molecule has 0 N–H and O–H groups in total. The molecule has 4 rings (SSSR count). The van der Waals surface area contributed by atoms with Crippen molar-refractivity contribution < 1.29 is 9.53 Å². The van der Waals surface area contributed by atoms with E-state index in [-0.39, 0.29) is 12.1 Å². The first-order valence-corrected chi connectivity index (χ1v) is 10.2. The predicted octanol–water partition coefficient (Wildman–Crippen LogP) is 4.69. The number of hydrogen-bond donors (Lipinski definition) is 0. The molecule has 0 spiro atoms. The standard InChI is InChI=1S/C21H30N4O2/c1-21(2,3)27-20(26)25(15-7-8-15)16-10-13-24(14-11-16)19-6-4-5-18-17(19)9-12-22-23-18/h4-6,15-16H,7-14H2,1-3H3. The van der Waals surface area contributed by atoms with Crippen LogP contribution in [0.15, 0.2) is 28.4 Å². The van der Waals surface area contributed by atoms with Gasteiger partial charge in [-0.3, -0.25) is 0 Å². The van der Waals surface area contributed by atoms with Crippen molar-refractivity contribution in [2.75, 3.05) is 24.5 Å². The molecule has 0 unspecified atom stereocenters. The zero-order chi connectivity index (χ0) is 19.0. The quantitative estimate of drug-likeness (QED) is 0.775. The Morgan fingerprint density at radius 2 is 1.85 bits per heavy atom. The summed E-state index contributed by atoms with van der Waals surface area (Å²) >= 11 is 0. The number of benzene rings is 1. The molecule has 27 heavy (non-hydrogen) atoms. The first kappa shape index (κ1) is 18.3. The number of carbonyl (C=O) groups is 1. The lowest BCUT2D eigenvalue weighted by Crippen LogP contribution is -2.50. The van der Waals surface area contributed by atoms with Crippen molar-refractivity contribution >= 4 is 17.5 Å². The molecule has 1 aromatic rings. The Labute approximate surface area is 161 Å². The number of nitrogens with zero attached hydrogens (tertiary/aromatic N) is 4. The molecule has 146 valence electrons. The second-order valence-electron chi connectivity index (χ2n) is 8.83. The van der Waals surface area contributed by atoms with Crippen molar-refractivity contribution in [2.24, 2.45) is 10.2 Å². The number of rotatable bonds is 3. The average molecular weight is 370 g/mol. The smallest absolute Gasteiger partial charge is 0.410 e. The Balaban J connectivity index is 1.44. The van der Waals surface area contributed by atoms with E-state index in [1.54, 1.807) is 0 Å². The van der Waals surface area contributed by atoms with Crippen molar-refractivity contribution in [3.8, 4) is 0 Å². The van der Waals surface area contributed by atoms with Gasteiger partial charge in [-0.2, -0.15) is 10.2 Å². The van der Waals surface area contributed by atoms with E-state index in [4.69, 9.17) is 4.74 Å². The van der Waals surface area contributed by atoms with Gasteiger partial charge < -0.3 is 14.5 Å². The summed E-state index contributed by atoms with van der Waals surface area (Å²) in [4.78, 5) is 17.2. The number of piperidine rings is 1. The van der Waals surface area contributed by atoms with E-state index in [2.05, 4.69) is 27.3 Å². The van der Waals surface area contributed by atoms with Crippen LogP contribution in [0, 0.1) is 0 Å². The number of anilines is 1. The molecule has 1 saturated heterocycles. The molecule has 2 heterocycles. The highest BCUT2D eigenvalue weighted by Crippen LogP contribution is 2.37. The molecule has 1 saturated carbocycles. The molecule has 1 aromatic carbocycles. The second-order valence-corrected chi connectivity index (χ2v) is 8.83. The lowest BCUT2D eigenvalue weighted by atomic mass is 9.99. The summed E-state index contributed by atoms with van der Waals surface area (Å²) in [6.45, 7) is 8.51. The van der Waals surface area contributed by atoms with Crippen molar-refractivity contribution in [3.05, 3.63) is 23.8 Å². The van der Waals surface area contributed by atoms with Gasteiger partial charge in [-0.15, -0.1) is 0 Å². The van der Waals surface area contributed by atoms with Crippen LogP contribution < -0.4 is 4.90 Å². The lowest BCUT2D eigenvalue weighted by molar-refractivity contribution is 0.0114. The molecule has 0 atom stereocenters. The Morgan fingerprint density at radius 1 is 1.15 bits per heavy atom. The van der Waals surface area contributed by atoms with Gasteiger partial charge in [0.2, 0.25) is 0 Å². The molecule has 2 fully saturated rings. The Morgan fingerprint density at radius 3 is 2.52 bits per heavy atom. The SMILES string of the molecule is CC(C)(C)OC(=O)N(C1CC1)C1CCN(c2cccc3c2CCN=N3)CC1. The third kappa shape index (κ3) is 4.09. The van der Waals surface area contributed by atoms with Gasteiger partial charge in [0.25, 0.3) is 0 Å². The van der Waals surface area contributed by atoms with Gasteiger partial charge in [-0.25, -0.2) is 4.79 Å². The van der Waals surface area contributed by atoms with Gasteiger partial charge in [0, 0.05) is 36.4 Å². The van der Waals surface area contributed by atoms with Crippen LogP contribution in [0.25, 0.3) is 0 Å². The Bertz CT molecular complexity index is 728. The predicted molar refractivity (Wildman–Crippen MR) is 106 cm³/mol. The molecule has 1 aliphatic carbocycles. The maximum absolute atomic E-state index is 12.7. The van der Waals surface area contributed by atoms with Crippen molar-refractivity contribution in [1.82, 2.24) is 4.90 Å². The summed E-state index contributed by atoms with van der Waals surface area (Å²) in [6.07, 6.45) is 5.01. The third-order valence-corrected chi connectivity index (χ3v) is 5.51. The summed E-state index contributed by atoms with van der Waals surface area (Å²) in [5, 5.41) is 8.47. The van der Waals surface area contributed by atoms with Crippen LogP contribution in [-0.4, -0.2) is 48.3 Å². The van der Waals surface area contributed by atoms with Crippen LogP contribution in [0.2, 0.25) is 0 Å². The van der Waals surface area contributed by atoms with E-state index < -0.39 is 5.60 Å². The Kier molecular flexibility index (Phi) is 4.82. The molecule has 2 aliphatic heterocycles. The number of carbonyl (C=O) groups excluding carboxylic acids is 1. The van der Waals surface area contributed by atoms with Gasteiger partial charge in [-0.1, -0.05) is 6.07 Å². The van der Waals surface area contributed by atoms with E-state index in [1.165, 1.54) is 11.3 Å². The van der Waals surface area contributed by atoms with E-state index in [1.807, 2.05) is 31.7 Å². The minimum Gasteiger partial charge on any atom is -0.444 e. The highest BCUT2D eigenvalue weighted by Gasteiger charge is 2.40. The molecule has 6 nitrogen and oxygen atoms in total. The monoisotopic (exact) mass is 370 g/mol. The van der Waals surface area contributed by atoms with Crippen molar-refractivity contribution in [1.29, 1.82) is 0 Å². The molecule has 0 aromatic heterocycles. The van der Waals surface area contributed by atoms with Gasteiger partial charge >= 0.3 is 6.09 Å². The zero-order valence-electron chi connectivity index (χ0n) is 16.6. The summed E-state index contributed by atoms with van der Waals surface area (Å²) in [7, 11) is 0. The average Bonchev–Trinajstić information content (AvgIpc) is 3.45. The first-order valence-electron chi connectivity index (χ1n) is 10.2. The van der Waals surface area contributed by atoms with Crippen LogP contribution in [-0.2, 0) is 11.2 Å². The summed E-state index contributed by atoms with van der Waals surface area (Å²) < 4.78 is 5.69. The van der Waals surface area contributed by atoms with E-state index in [9.17, 15) is 4.79 Å². The number of amides is 1. The fraction of sp³-hybridized carbons (Fsp3) is 0.667. The van der Waals surface area contributed by atoms with Gasteiger partial charge in [-0.05, 0) is 65.0 Å². The van der Waals surface area contributed by atoms with E-state index in [0.29, 0.717) is 6.04 Å². The highest BCUT2D eigenvalue weighted by molar-refractivity contribution is 5.70. The van der Waals surface area contributed by atoms with Crippen molar-refractivity contribution in [2.45, 2.75) is 70.6 Å².